The molecule has 2 amide bonds. The summed E-state index contributed by atoms with van der Waals surface area (Å²) in [6.07, 6.45) is 4.91. The highest BCUT2D eigenvalue weighted by molar-refractivity contribution is 14.1. The highest BCUT2D eigenvalue weighted by Gasteiger charge is 2.40. The summed E-state index contributed by atoms with van der Waals surface area (Å²) in [5.41, 5.74) is 0.748. The Balaban J connectivity index is 2.52. The predicted molar refractivity (Wildman–Crippen MR) is 149 cm³/mol. The molecule has 0 saturated heterocycles. The van der Waals surface area contributed by atoms with E-state index in [1.54, 1.807) is 23.1 Å². The Morgan fingerprint density at radius 3 is 2.65 bits per heavy atom. The maximum atomic E-state index is 13.2. The number of ether oxygens (including phenoxy) is 2. The van der Waals surface area contributed by atoms with E-state index in [2.05, 4.69) is 19.2 Å². The fourth-order valence-electron chi connectivity index (χ4n) is 3.99. The predicted octanol–water partition coefficient (Wildman–Crippen LogP) is 2.87. The van der Waals surface area contributed by atoms with Crippen molar-refractivity contribution >= 4 is 40.7 Å². The van der Waals surface area contributed by atoms with Crippen molar-refractivity contribution in [1.29, 1.82) is 0 Å². The standard InChI is InChI=1S/C27H37IN2O7/c1-5-6-7-24(33)30(10-8-17(2)3)21-14-19(27(35)29-9-11-31)15-22(25(21)34)37-26-20(28)12-18(16-32)13-23(26)36-4/h6-7,12-13,15-17,21-22,25,31,34H,5,8-11,14H2,1-4H3,(H,29,35). The van der Waals surface area contributed by atoms with Crippen LogP contribution in [0.5, 0.6) is 11.5 Å². The molecule has 1 aromatic rings. The van der Waals surface area contributed by atoms with E-state index in [0.717, 1.165) is 6.42 Å². The molecule has 1 aliphatic rings. The molecule has 3 atom stereocenters. The Kier molecular flexibility index (Phi) is 12.6. The van der Waals surface area contributed by atoms with Crippen LogP contribution in [0, 0.1) is 9.49 Å². The molecule has 2 rings (SSSR count). The average Bonchev–Trinajstić information content (AvgIpc) is 2.88. The molecule has 0 heterocycles. The summed E-state index contributed by atoms with van der Waals surface area (Å²) in [5, 5.41) is 23.3. The van der Waals surface area contributed by atoms with E-state index in [4.69, 9.17) is 14.6 Å². The highest BCUT2D eigenvalue weighted by atomic mass is 127. The third kappa shape index (κ3) is 8.54. The van der Waals surface area contributed by atoms with E-state index in [0.29, 0.717) is 51.4 Å². The molecule has 0 aliphatic heterocycles. The number of carbonyl (C=O) groups is 3. The minimum atomic E-state index is -1.15. The minimum Gasteiger partial charge on any atom is -0.493 e. The number of rotatable bonds is 13. The van der Waals surface area contributed by atoms with Crippen LogP contribution in [0.15, 0.2) is 35.9 Å². The number of halogens is 1. The molecule has 10 heteroatoms. The first-order valence-electron chi connectivity index (χ1n) is 12.4. The van der Waals surface area contributed by atoms with Gasteiger partial charge in [-0.15, -0.1) is 0 Å². The van der Waals surface area contributed by atoms with Gasteiger partial charge in [0.2, 0.25) is 11.8 Å². The van der Waals surface area contributed by atoms with Crippen LogP contribution in [-0.4, -0.2) is 78.3 Å². The Hall–Kier alpha value is -2.44. The summed E-state index contributed by atoms with van der Waals surface area (Å²) < 4.78 is 12.2. The zero-order chi connectivity index (χ0) is 27.5. The smallest absolute Gasteiger partial charge is 0.247 e. The number of hydrogen-bond acceptors (Lipinski definition) is 7. The third-order valence-electron chi connectivity index (χ3n) is 5.98. The molecular weight excluding hydrogens is 591 g/mol. The van der Waals surface area contributed by atoms with Crippen molar-refractivity contribution in [2.24, 2.45) is 5.92 Å². The Morgan fingerprint density at radius 1 is 1.32 bits per heavy atom. The lowest BCUT2D eigenvalue weighted by atomic mass is 9.87. The number of allylic oxidation sites excluding steroid dienone is 1. The number of nitrogens with zero attached hydrogens (tertiary/aromatic N) is 1. The lowest BCUT2D eigenvalue weighted by molar-refractivity contribution is -0.133. The zero-order valence-electron chi connectivity index (χ0n) is 21.8. The van der Waals surface area contributed by atoms with Crippen LogP contribution in [0.1, 0.15) is 50.4 Å². The van der Waals surface area contributed by atoms with Gasteiger partial charge in [-0.3, -0.25) is 14.4 Å². The summed E-state index contributed by atoms with van der Waals surface area (Å²) in [5.74, 6) is 0.295. The summed E-state index contributed by atoms with van der Waals surface area (Å²) >= 11 is 2.02. The molecule has 0 bridgehead atoms. The van der Waals surface area contributed by atoms with Gasteiger partial charge in [-0.1, -0.05) is 26.8 Å². The van der Waals surface area contributed by atoms with Gasteiger partial charge in [-0.2, -0.15) is 0 Å². The lowest BCUT2D eigenvalue weighted by Crippen LogP contribution is -2.55. The molecule has 9 nitrogen and oxygen atoms in total. The molecule has 0 aromatic heterocycles. The fourth-order valence-corrected chi connectivity index (χ4v) is 4.74. The van der Waals surface area contributed by atoms with E-state index < -0.39 is 24.2 Å². The van der Waals surface area contributed by atoms with Crippen molar-refractivity contribution in [2.75, 3.05) is 26.8 Å². The first-order valence-corrected chi connectivity index (χ1v) is 13.5. The van der Waals surface area contributed by atoms with Gasteiger partial charge < -0.3 is 29.9 Å². The first kappa shape index (κ1) is 30.8. The number of benzene rings is 1. The van der Waals surface area contributed by atoms with Gasteiger partial charge in [-0.25, -0.2) is 0 Å². The molecule has 0 saturated carbocycles. The van der Waals surface area contributed by atoms with Crippen LogP contribution in [0.4, 0.5) is 0 Å². The molecule has 0 spiro atoms. The molecule has 0 radical (unpaired) electrons. The highest BCUT2D eigenvalue weighted by Crippen LogP contribution is 2.37. The molecule has 1 aliphatic carbocycles. The van der Waals surface area contributed by atoms with Crippen LogP contribution in [0.25, 0.3) is 0 Å². The van der Waals surface area contributed by atoms with E-state index in [-0.39, 0.29) is 25.5 Å². The van der Waals surface area contributed by atoms with Crippen LogP contribution in [0.3, 0.4) is 0 Å². The third-order valence-corrected chi connectivity index (χ3v) is 6.78. The van der Waals surface area contributed by atoms with Crippen molar-refractivity contribution in [3.05, 3.63) is 45.1 Å². The van der Waals surface area contributed by atoms with Crippen molar-refractivity contribution in [1.82, 2.24) is 10.2 Å². The fraction of sp³-hybridized carbons (Fsp3) is 0.519. The van der Waals surface area contributed by atoms with Crippen molar-refractivity contribution in [3.8, 4) is 11.5 Å². The van der Waals surface area contributed by atoms with Crippen LogP contribution in [0.2, 0.25) is 0 Å². The maximum absolute atomic E-state index is 13.2. The number of methoxy groups -OCH3 is 1. The minimum absolute atomic E-state index is 0.0724. The van der Waals surface area contributed by atoms with E-state index in [1.807, 2.05) is 29.5 Å². The van der Waals surface area contributed by atoms with Gasteiger partial charge >= 0.3 is 0 Å². The van der Waals surface area contributed by atoms with Crippen LogP contribution >= 0.6 is 22.6 Å². The van der Waals surface area contributed by atoms with Crippen LogP contribution in [-0.2, 0) is 9.59 Å². The monoisotopic (exact) mass is 628 g/mol. The second-order valence-electron chi connectivity index (χ2n) is 9.19. The Labute approximate surface area is 232 Å². The molecule has 3 unspecified atom stereocenters. The molecular formula is C27H37IN2O7. The van der Waals surface area contributed by atoms with Gasteiger partial charge in [0.15, 0.2) is 11.5 Å². The normalized spacial score (nSPS) is 19.5. The van der Waals surface area contributed by atoms with Gasteiger partial charge in [0.1, 0.15) is 18.5 Å². The quantitative estimate of drug-likeness (QED) is 0.174. The summed E-state index contributed by atoms with van der Waals surface area (Å²) in [4.78, 5) is 39.0. The number of aldehydes is 1. The summed E-state index contributed by atoms with van der Waals surface area (Å²) in [6.45, 7) is 6.29. The number of aliphatic hydroxyl groups excluding tert-OH is 2. The van der Waals surface area contributed by atoms with E-state index in [9.17, 15) is 19.5 Å². The molecule has 3 N–H and O–H groups in total. The van der Waals surface area contributed by atoms with E-state index >= 15 is 0 Å². The Morgan fingerprint density at radius 2 is 2.05 bits per heavy atom. The summed E-state index contributed by atoms with van der Waals surface area (Å²) in [6, 6.07) is 2.43. The van der Waals surface area contributed by atoms with Gasteiger partial charge in [-0.05, 0) is 65.6 Å². The van der Waals surface area contributed by atoms with Gasteiger partial charge in [0.25, 0.3) is 0 Å². The number of amides is 2. The largest absolute Gasteiger partial charge is 0.493 e. The van der Waals surface area contributed by atoms with Crippen molar-refractivity contribution in [2.45, 2.75) is 58.3 Å². The lowest BCUT2D eigenvalue weighted by Gasteiger charge is -2.40. The topological polar surface area (TPSA) is 125 Å². The molecule has 37 heavy (non-hydrogen) atoms. The Bertz CT molecular complexity index is 1010. The molecule has 1 aromatic carbocycles. The zero-order valence-corrected chi connectivity index (χ0v) is 23.9. The van der Waals surface area contributed by atoms with Crippen LogP contribution < -0.4 is 14.8 Å². The number of hydrogen-bond donors (Lipinski definition) is 3. The van der Waals surface area contributed by atoms with Gasteiger partial charge in [0.05, 0.1) is 23.3 Å². The first-order chi connectivity index (χ1) is 17.7. The second kappa shape index (κ2) is 15.1. The average molecular weight is 629 g/mol. The van der Waals surface area contributed by atoms with Crippen molar-refractivity contribution < 1.29 is 34.1 Å². The molecule has 204 valence electrons. The van der Waals surface area contributed by atoms with E-state index in [1.165, 1.54) is 19.3 Å². The number of carbonyl (C=O) groups excluding carboxylic acids is 3. The molecule has 0 fully saturated rings. The SMILES string of the molecule is CCC=CC(=O)N(CCC(C)C)C1CC(C(=O)NCCO)=CC(Oc2c(I)cc(C=O)cc2OC)C1O. The second-order valence-corrected chi connectivity index (χ2v) is 10.4. The number of nitrogens with one attached hydrogen (secondary N) is 1. The summed E-state index contributed by atoms with van der Waals surface area (Å²) in [7, 11) is 1.45. The van der Waals surface area contributed by atoms with Crippen molar-refractivity contribution in [3.63, 3.8) is 0 Å². The maximum Gasteiger partial charge on any atom is 0.247 e. The van der Waals surface area contributed by atoms with Gasteiger partial charge in [0, 0.05) is 30.6 Å². The number of aliphatic hydroxyl groups is 2.